The van der Waals surface area contributed by atoms with E-state index in [0.29, 0.717) is 18.5 Å². The maximum atomic E-state index is 14.6. The minimum absolute atomic E-state index is 0.0573. The first-order valence-corrected chi connectivity index (χ1v) is 13.8. The van der Waals surface area contributed by atoms with E-state index < -0.39 is 65.0 Å². The number of nitrogens with zero attached hydrogens (tertiary/aromatic N) is 3. The lowest BCUT2D eigenvalue weighted by Gasteiger charge is -2.32. The molecule has 214 valence electrons. The Morgan fingerprint density at radius 3 is 2.38 bits per heavy atom. The van der Waals surface area contributed by atoms with Crippen LogP contribution >= 0.6 is 0 Å². The molecule has 0 spiro atoms. The molecule has 2 saturated heterocycles. The van der Waals surface area contributed by atoms with E-state index in [2.05, 4.69) is 10.3 Å². The van der Waals surface area contributed by atoms with E-state index in [9.17, 15) is 39.6 Å². The van der Waals surface area contributed by atoms with Crippen LogP contribution in [0.4, 0.5) is 26.3 Å². The van der Waals surface area contributed by atoms with Crippen LogP contribution in [0, 0.1) is 11.6 Å². The lowest BCUT2D eigenvalue weighted by atomic mass is 9.92. The number of carbonyl (C=O) groups excluding carboxylic acids is 1. The van der Waals surface area contributed by atoms with Gasteiger partial charge in [0.15, 0.2) is 0 Å². The maximum absolute atomic E-state index is 14.6. The van der Waals surface area contributed by atoms with Gasteiger partial charge in [0, 0.05) is 30.1 Å². The predicted molar refractivity (Wildman–Crippen MR) is 129 cm³/mol. The second-order valence-corrected chi connectivity index (χ2v) is 11.7. The number of nitrogens with one attached hydrogen (secondary N) is 1. The highest BCUT2D eigenvalue weighted by molar-refractivity contribution is 7.89. The SMILES string of the molecule is C[C@H]1[C@H](F)C[C@@H](C(=O)NCc2cc(C3CCN(CC(F)(F)F)CC3)ncc2F)N1S(=O)(=O)c1ccc(F)cc1. The van der Waals surface area contributed by atoms with Crippen LogP contribution in [0.25, 0.3) is 0 Å². The van der Waals surface area contributed by atoms with Crippen LogP contribution in [-0.4, -0.2) is 72.6 Å². The third kappa shape index (κ3) is 6.72. The van der Waals surface area contributed by atoms with Crippen LogP contribution in [0.3, 0.4) is 0 Å². The normalized spacial score (nSPS) is 23.7. The quantitative estimate of drug-likeness (QED) is 0.504. The van der Waals surface area contributed by atoms with Crippen molar-refractivity contribution in [1.29, 1.82) is 0 Å². The summed E-state index contributed by atoms with van der Waals surface area (Å²) in [6, 6.07) is 2.80. The maximum Gasteiger partial charge on any atom is 0.401 e. The summed E-state index contributed by atoms with van der Waals surface area (Å²) in [5.74, 6) is -2.41. The fourth-order valence-corrected chi connectivity index (χ4v) is 6.90. The van der Waals surface area contributed by atoms with Crippen molar-refractivity contribution in [2.75, 3.05) is 19.6 Å². The number of sulfonamides is 1. The van der Waals surface area contributed by atoms with Gasteiger partial charge in [-0.3, -0.25) is 14.7 Å². The highest BCUT2D eigenvalue weighted by Crippen LogP contribution is 2.34. The monoisotopic (exact) mass is 578 g/mol. The van der Waals surface area contributed by atoms with Crippen LogP contribution in [-0.2, 0) is 21.4 Å². The average molecular weight is 579 g/mol. The molecule has 1 amide bonds. The molecule has 1 aromatic heterocycles. The van der Waals surface area contributed by atoms with E-state index in [0.717, 1.165) is 34.8 Å². The number of piperidine rings is 1. The van der Waals surface area contributed by atoms with Gasteiger partial charge < -0.3 is 5.32 Å². The van der Waals surface area contributed by atoms with E-state index in [1.54, 1.807) is 0 Å². The van der Waals surface area contributed by atoms with Crippen LogP contribution in [0.15, 0.2) is 41.4 Å². The van der Waals surface area contributed by atoms with Crippen molar-refractivity contribution in [2.24, 2.45) is 0 Å². The molecule has 39 heavy (non-hydrogen) atoms. The summed E-state index contributed by atoms with van der Waals surface area (Å²) < 4.78 is 108. The molecule has 0 unspecified atom stereocenters. The van der Waals surface area contributed by atoms with Crippen LogP contribution in [0.2, 0.25) is 0 Å². The molecule has 2 aliphatic heterocycles. The first-order valence-electron chi connectivity index (χ1n) is 12.4. The molecular formula is C25H28F6N4O3S. The Morgan fingerprint density at radius 2 is 1.77 bits per heavy atom. The van der Waals surface area contributed by atoms with Crippen molar-refractivity contribution in [3.63, 3.8) is 0 Å². The van der Waals surface area contributed by atoms with E-state index in [4.69, 9.17) is 0 Å². The van der Waals surface area contributed by atoms with Gasteiger partial charge >= 0.3 is 6.18 Å². The fraction of sp³-hybridized carbons (Fsp3) is 0.520. The van der Waals surface area contributed by atoms with Gasteiger partial charge in [0.25, 0.3) is 0 Å². The summed E-state index contributed by atoms with van der Waals surface area (Å²) in [7, 11) is -4.35. The summed E-state index contributed by atoms with van der Waals surface area (Å²) in [5, 5.41) is 2.48. The Hall–Kier alpha value is -2.71. The Labute approximate surface area is 222 Å². The zero-order valence-corrected chi connectivity index (χ0v) is 21.8. The molecule has 0 bridgehead atoms. The molecule has 0 radical (unpaired) electrons. The molecule has 1 N–H and O–H groups in total. The molecule has 0 aliphatic carbocycles. The molecular weight excluding hydrogens is 550 g/mol. The number of rotatable bonds is 7. The van der Waals surface area contributed by atoms with Crippen molar-refractivity contribution in [1.82, 2.24) is 19.5 Å². The molecule has 2 aromatic rings. The third-order valence-electron chi connectivity index (χ3n) is 7.19. The van der Waals surface area contributed by atoms with Crippen molar-refractivity contribution < 1.29 is 39.6 Å². The summed E-state index contributed by atoms with van der Waals surface area (Å²) in [6.07, 6.45) is -4.57. The Balaban J connectivity index is 1.44. The highest BCUT2D eigenvalue weighted by atomic mass is 32.2. The Morgan fingerprint density at radius 1 is 1.13 bits per heavy atom. The van der Waals surface area contributed by atoms with Crippen molar-refractivity contribution in [3.05, 3.63) is 59.4 Å². The average Bonchev–Trinajstić information content (AvgIpc) is 3.18. The largest absolute Gasteiger partial charge is 0.401 e. The molecule has 14 heteroatoms. The van der Waals surface area contributed by atoms with Gasteiger partial charge in [0.2, 0.25) is 15.9 Å². The summed E-state index contributed by atoms with van der Waals surface area (Å²) in [5.41, 5.74) is 0.535. The van der Waals surface area contributed by atoms with Gasteiger partial charge in [-0.25, -0.2) is 21.6 Å². The predicted octanol–water partition coefficient (Wildman–Crippen LogP) is 3.91. The van der Waals surface area contributed by atoms with Gasteiger partial charge in [-0.1, -0.05) is 0 Å². The Bertz CT molecular complexity index is 1280. The molecule has 2 fully saturated rings. The molecule has 0 saturated carbocycles. The minimum Gasteiger partial charge on any atom is -0.351 e. The number of halogens is 6. The molecule has 2 aliphatic rings. The van der Waals surface area contributed by atoms with Gasteiger partial charge in [-0.2, -0.15) is 17.5 Å². The number of amides is 1. The Kier molecular flexibility index (Phi) is 8.57. The zero-order chi connectivity index (χ0) is 28.5. The van der Waals surface area contributed by atoms with Gasteiger partial charge in [0.05, 0.1) is 23.7 Å². The molecule has 7 nitrogen and oxygen atoms in total. The standard InChI is InChI=1S/C25H28F6N4O3S/c1-15-20(27)11-23(35(15)39(37,38)19-4-2-18(26)3-5-19)24(36)33-12-17-10-22(32-13-21(17)28)16-6-8-34(9-7-16)14-25(29,30)31/h2-5,10,13,15-16,20,23H,6-9,11-12,14H2,1H3,(H,33,36)/t15-,20+,23-/m0/s1. The molecule has 4 rings (SSSR count). The number of hydrogen-bond acceptors (Lipinski definition) is 5. The zero-order valence-electron chi connectivity index (χ0n) is 21.0. The fourth-order valence-electron chi connectivity index (χ4n) is 5.09. The molecule has 3 heterocycles. The van der Waals surface area contributed by atoms with E-state index >= 15 is 0 Å². The number of alkyl halides is 4. The summed E-state index contributed by atoms with van der Waals surface area (Å²) >= 11 is 0. The highest BCUT2D eigenvalue weighted by Gasteiger charge is 2.49. The third-order valence-corrected chi connectivity index (χ3v) is 9.20. The number of likely N-dealkylation sites (tertiary alicyclic amines) is 1. The second-order valence-electron chi connectivity index (χ2n) is 9.88. The van der Waals surface area contributed by atoms with Gasteiger partial charge in [0.1, 0.15) is 23.8 Å². The van der Waals surface area contributed by atoms with Gasteiger partial charge in [-0.15, -0.1) is 0 Å². The summed E-state index contributed by atoms with van der Waals surface area (Å²) in [4.78, 5) is 18.1. The van der Waals surface area contributed by atoms with Crippen molar-refractivity contribution in [3.8, 4) is 0 Å². The first kappa shape index (κ1) is 29.3. The van der Waals surface area contributed by atoms with Crippen LogP contribution < -0.4 is 5.32 Å². The lowest BCUT2D eigenvalue weighted by molar-refractivity contribution is -0.148. The number of carbonyl (C=O) groups is 1. The number of pyridine rings is 1. The van der Waals surface area contributed by atoms with E-state index in [1.807, 2.05) is 0 Å². The minimum atomic E-state index is -4.35. The van der Waals surface area contributed by atoms with Crippen LogP contribution in [0.5, 0.6) is 0 Å². The number of benzene rings is 1. The summed E-state index contributed by atoms with van der Waals surface area (Å²) in [6.45, 7) is 0.407. The number of hydrogen-bond donors (Lipinski definition) is 1. The van der Waals surface area contributed by atoms with E-state index in [-0.39, 0.29) is 36.0 Å². The lowest BCUT2D eigenvalue weighted by Crippen LogP contribution is -2.48. The van der Waals surface area contributed by atoms with Crippen LogP contribution in [0.1, 0.15) is 43.4 Å². The van der Waals surface area contributed by atoms with Crippen molar-refractivity contribution >= 4 is 15.9 Å². The van der Waals surface area contributed by atoms with E-state index in [1.165, 1.54) is 17.9 Å². The molecule has 1 aromatic carbocycles. The smallest absolute Gasteiger partial charge is 0.351 e. The van der Waals surface area contributed by atoms with Gasteiger partial charge in [-0.05, 0) is 63.2 Å². The number of aromatic nitrogens is 1. The topological polar surface area (TPSA) is 82.6 Å². The van der Waals surface area contributed by atoms with Crippen molar-refractivity contribution in [2.45, 2.75) is 68.0 Å². The molecule has 3 atom stereocenters. The first-order chi connectivity index (χ1) is 18.3. The second kappa shape index (κ2) is 11.4.